The van der Waals surface area contributed by atoms with Crippen LogP contribution < -0.4 is 0 Å². The molecule has 38 heavy (non-hydrogen) atoms. The van der Waals surface area contributed by atoms with Crippen LogP contribution in [0.25, 0.3) is 75.9 Å². The minimum Gasteiger partial charge on any atom is -0.244 e. The number of benzene rings is 5. The van der Waals surface area contributed by atoms with Crippen molar-refractivity contribution in [1.82, 2.24) is 9.97 Å². The Morgan fingerprint density at radius 2 is 1.29 bits per heavy atom. The maximum absolute atomic E-state index is 9.56. The highest BCUT2D eigenvalue weighted by Crippen LogP contribution is 2.56. The van der Waals surface area contributed by atoms with Crippen LogP contribution in [0.5, 0.6) is 0 Å². The third-order valence-corrected chi connectivity index (χ3v) is 7.08. The monoisotopic (exact) mass is 480 g/mol. The second-order valence-electron chi connectivity index (χ2n) is 8.95. The van der Waals surface area contributed by atoms with Gasteiger partial charge in [-0.05, 0) is 44.8 Å². The fourth-order valence-electron chi connectivity index (χ4n) is 5.55. The third kappa shape index (κ3) is 2.66. The number of fused-ring (bicyclic) bond motifs is 6. The summed E-state index contributed by atoms with van der Waals surface area (Å²) in [6, 6.07) is 26.5. The average Bonchev–Trinajstić information content (AvgIpc) is 3.29. The number of nitriles is 2. The lowest BCUT2D eigenvalue weighted by Gasteiger charge is -2.17. The zero-order chi connectivity index (χ0) is 26.0. The molecule has 0 bridgehead atoms. The molecule has 1 aliphatic carbocycles. The van der Waals surface area contributed by atoms with Crippen molar-refractivity contribution in [3.05, 3.63) is 107 Å². The molecule has 0 fully saturated rings. The molecule has 1 heterocycles. The van der Waals surface area contributed by atoms with Gasteiger partial charge in [0, 0.05) is 11.1 Å². The summed E-state index contributed by atoms with van der Waals surface area (Å²) in [7, 11) is 0. The van der Waals surface area contributed by atoms with E-state index in [0.29, 0.717) is 33.8 Å². The molecule has 0 radical (unpaired) electrons. The second-order valence-corrected chi connectivity index (χ2v) is 8.95. The lowest BCUT2D eigenvalue weighted by atomic mass is 9.87. The molecule has 0 saturated heterocycles. The molecule has 0 amide bonds. The molecule has 0 N–H and O–H groups in total. The van der Waals surface area contributed by atoms with Crippen molar-refractivity contribution in [3.8, 4) is 45.8 Å². The van der Waals surface area contributed by atoms with Crippen LogP contribution in [-0.4, -0.2) is 9.97 Å². The SMILES string of the molecule is [C-]#[N+]c1cccc2c3c4c(ccc([N+]#[C-])c4c(-c4ccccc4)c12)-c1nc2cc(C#N)c(C#N)cc2nc1-3. The van der Waals surface area contributed by atoms with Crippen LogP contribution >= 0.6 is 0 Å². The van der Waals surface area contributed by atoms with Crippen molar-refractivity contribution in [2.24, 2.45) is 0 Å². The van der Waals surface area contributed by atoms with Crippen molar-refractivity contribution >= 4 is 44.0 Å². The molecule has 0 atom stereocenters. The van der Waals surface area contributed by atoms with E-state index in [0.717, 1.165) is 43.8 Å². The first-order chi connectivity index (χ1) is 18.7. The summed E-state index contributed by atoms with van der Waals surface area (Å²) in [4.78, 5) is 17.6. The highest BCUT2D eigenvalue weighted by Gasteiger charge is 2.31. The van der Waals surface area contributed by atoms with Crippen molar-refractivity contribution in [2.45, 2.75) is 0 Å². The fraction of sp³-hybridized carbons (Fsp3) is 0. The zero-order valence-electron chi connectivity index (χ0n) is 19.6. The Morgan fingerprint density at radius 1 is 0.632 bits per heavy atom. The molecule has 6 nitrogen and oxygen atoms in total. The first-order valence-corrected chi connectivity index (χ1v) is 11.7. The van der Waals surface area contributed by atoms with Gasteiger partial charge in [-0.1, -0.05) is 60.7 Å². The van der Waals surface area contributed by atoms with Crippen LogP contribution in [0, 0.1) is 35.8 Å². The topological polar surface area (TPSA) is 82.1 Å². The fourth-order valence-corrected chi connectivity index (χ4v) is 5.55. The molecule has 170 valence electrons. The Bertz CT molecular complexity index is 2220. The molecule has 0 aliphatic heterocycles. The van der Waals surface area contributed by atoms with Crippen LogP contribution in [0.15, 0.2) is 72.8 Å². The molecule has 6 heteroatoms. The van der Waals surface area contributed by atoms with Gasteiger partial charge in [0.2, 0.25) is 0 Å². The summed E-state index contributed by atoms with van der Waals surface area (Å²) < 4.78 is 0. The van der Waals surface area contributed by atoms with Gasteiger partial charge < -0.3 is 0 Å². The van der Waals surface area contributed by atoms with Crippen molar-refractivity contribution in [2.75, 3.05) is 0 Å². The summed E-state index contributed by atoms with van der Waals surface area (Å²) in [6.07, 6.45) is 0. The van der Waals surface area contributed by atoms with Crippen LogP contribution in [0.3, 0.4) is 0 Å². The van der Waals surface area contributed by atoms with Gasteiger partial charge in [0.1, 0.15) is 12.1 Å². The number of aromatic nitrogens is 2. The van der Waals surface area contributed by atoms with Gasteiger partial charge in [0.05, 0.1) is 46.7 Å². The molecule has 6 aromatic rings. The molecule has 0 saturated carbocycles. The highest BCUT2D eigenvalue weighted by molar-refractivity contribution is 6.32. The Labute approximate surface area is 216 Å². The third-order valence-electron chi connectivity index (χ3n) is 7.08. The van der Waals surface area contributed by atoms with E-state index in [4.69, 9.17) is 23.1 Å². The predicted molar refractivity (Wildman–Crippen MR) is 146 cm³/mol. The maximum atomic E-state index is 9.56. The van der Waals surface area contributed by atoms with Gasteiger partial charge in [0.25, 0.3) is 0 Å². The van der Waals surface area contributed by atoms with Crippen LogP contribution in [0.2, 0.25) is 0 Å². The van der Waals surface area contributed by atoms with Crippen molar-refractivity contribution in [3.63, 3.8) is 0 Å². The summed E-state index contributed by atoms with van der Waals surface area (Å²) in [5, 5.41) is 22.4. The number of hydrogen-bond donors (Lipinski definition) is 0. The molecule has 0 spiro atoms. The van der Waals surface area contributed by atoms with Gasteiger partial charge in [-0.2, -0.15) is 10.5 Å². The molecular formula is C32H12N6. The van der Waals surface area contributed by atoms with Gasteiger partial charge in [0.15, 0.2) is 11.4 Å². The quantitative estimate of drug-likeness (QED) is 0.176. The van der Waals surface area contributed by atoms with E-state index in [1.54, 1.807) is 24.3 Å². The summed E-state index contributed by atoms with van der Waals surface area (Å²) in [6.45, 7) is 15.9. The van der Waals surface area contributed by atoms with E-state index >= 15 is 0 Å². The zero-order valence-corrected chi connectivity index (χ0v) is 19.6. The Morgan fingerprint density at radius 3 is 1.95 bits per heavy atom. The second kappa shape index (κ2) is 7.71. The predicted octanol–water partition coefficient (Wildman–Crippen LogP) is 8.10. The first-order valence-electron chi connectivity index (χ1n) is 11.7. The summed E-state index contributed by atoms with van der Waals surface area (Å²) >= 11 is 0. The molecule has 1 aromatic heterocycles. The summed E-state index contributed by atoms with van der Waals surface area (Å²) in [5.74, 6) is 0. The van der Waals surface area contributed by atoms with Crippen LogP contribution in [0.4, 0.5) is 11.4 Å². The lowest BCUT2D eigenvalue weighted by molar-refractivity contribution is 1.31. The smallest absolute Gasteiger partial charge is 0.195 e. The van der Waals surface area contributed by atoms with E-state index in [-0.39, 0.29) is 11.1 Å². The van der Waals surface area contributed by atoms with E-state index in [9.17, 15) is 10.5 Å². The highest BCUT2D eigenvalue weighted by atomic mass is 14.8. The Kier molecular flexibility index (Phi) is 4.31. The average molecular weight is 480 g/mol. The number of rotatable bonds is 1. The lowest BCUT2D eigenvalue weighted by Crippen LogP contribution is -1.94. The molecular weight excluding hydrogens is 468 g/mol. The number of hydrogen-bond acceptors (Lipinski definition) is 4. The molecule has 5 aromatic carbocycles. The molecule has 1 aliphatic rings. The summed E-state index contributed by atoms with van der Waals surface area (Å²) in [5.41, 5.74) is 7.22. The van der Waals surface area contributed by atoms with Gasteiger partial charge in [-0.15, -0.1) is 0 Å². The van der Waals surface area contributed by atoms with E-state index in [1.165, 1.54) is 0 Å². The van der Waals surface area contributed by atoms with Crippen LogP contribution in [-0.2, 0) is 0 Å². The van der Waals surface area contributed by atoms with Crippen LogP contribution in [0.1, 0.15) is 11.1 Å². The minimum absolute atomic E-state index is 0.241. The van der Waals surface area contributed by atoms with E-state index in [1.807, 2.05) is 48.5 Å². The van der Waals surface area contributed by atoms with E-state index in [2.05, 4.69) is 21.8 Å². The van der Waals surface area contributed by atoms with Gasteiger partial charge in [-0.25, -0.2) is 19.7 Å². The largest absolute Gasteiger partial charge is 0.244 e. The molecule has 7 rings (SSSR count). The Hall–Kier alpha value is -6.08. The van der Waals surface area contributed by atoms with Gasteiger partial charge >= 0.3 is 0 Å². The van der Waals surface area contributed by atoms with Gasteiger partial charge in [-0.3, -0.25) is 0 Å². The first kappa shape index (κ1) is 21.2. The normalized spacial score (nSPS) is 11.1. The Balaban J connectivity index is 1.75. The van der Waals surface area contributed by atoms with Crippen molar-refractivity contribution in [1.29, 1.82) is 10.5 Å². The maximum Gasteiger partial charge on any atom is 0.195 e. The molecule has 0 unspecified atom stereocenters. The minimum atomic E-state index is 0.241. The number of nitrogens with zero attached hydrogens (tertiary/aromatic N) is 6. The van der Waals surface area contributed by atoms with Crippen molar-refractivity contribution < 1.29 is 0 Å². The standard InChI is InChI=1S/C32H12N6/c1-35-22-10-6-9-20-27(22)26(17-7-4-3-5-8-17)30-23(36-2)12-11-21-28(30)29(20)32-31(21)37-24-13-18(15-33)19(16-34)14-25(24)38-32/h3-14H. The van der Waals surface area contributed by atoms with E-state index < -0.39 is 0 Å².